The molecule has 0 unspecified atom stereocenters. The lowest BCUT2D eigenvalue weighted by Gasteiger charge is -2.12. The molecule has 0 radical (unpaired) electrons. The maximum atomic E-state index is 12.8. The molecule has 0 bridgehead atoms. The predicted molar refractivity (Wildman–Crippen MR) is 83.2 cm³/mol. The second-order valence-electron chi connectivity index (χ2n) is 5.42. The number of alkyl halides is 6. The Hall–Kier alpha value is -3.10. The maximum Gasteiger partial charge on any atom is 0.416 e. The van der Waals surface area contributed by atoms with E-state index in [1.807, 2.05) is 0 Å². The van der Waals surface area contributed by atoms with Gasteiger partial charge in [0.1, 0.15) is 0 Å². The summed E-state index contributed by atoms with van der Waals surface area (Å²) in [5.41, 5.74) is -3.49. The van der Waals surface area contributed by atoms with Gasteiger partial charge in [-0.25, -0.2) is 4.79 Å². The number of benzene rings is 2. The number of allylic oxidation sites excluding steroid dienone is 1. The molecule has 1 N–H and O–H groups in total. The van der Waals surface area contributed by atoms with Crippen LogP contribution in [0.25, 0.3) is 6.08 Å². The summed E-state index contributed by atoms with van der Waals surface area (Å²) in [6, 6.07) is 5.64. The number of rotatable bonds is 4. The van der Waals surface area contributed by atoms with Gasteiger partial charge in [-0.2, -0.15) is 26.3 Å². The standard InChI is InChI=1S/C18H10F6O3/c19-17(20,21)13-7-10(8-14(9-13)18(22,23)24)1-6-15(25)11-2-4-12(5-3-11)16(26)27/h1-9H,(H,26,27)/b6-1+. The molecule has 0 spiro atoms. The molecule has 3 nitrogen and oxygen atoms in total. The summed E-state index contributed by atoms with van der Waals surface area (Å²) in [4.78, 5) is 22.7. The first kappa shape index (κ1) is 20.2. The van der Waals surface area contributed by atoms with Gasteiger partial charge >= 0.3 is 18.3 Å². The second kappa shape index (κ2) is 7.26. The van der Waals surface area contributed by atoms with Crippen molar-refractivity contribution in [3.63, 3.8) is 0 Å². The average Bonchev–Trinajstić information content (AvgIpc) is 2.58. The zero-order valence-electron chi connectivity index (χ0n) is 13.2. The van der Waals surface area contributed by atoms with Crippen LogP contribution in [0.5, 0.6) is 0 Å². The number of carbonyl (C=O) groups excluding carboxylic acids is 1. The van der Waals surface area contributed by atoms with Gasteiger partial charge in [0.05, 0.1) is 16.7 Å². The molecule has 2 aromatic rings. The fourth-order valence-corrected chi connectivity index (χ4v) is 2.12. The average molecular weight is 388 g/mol. The second-order valence-corrected chi connectivity index (χ2v) is 5.42. The molecular weight excluding hydrogens is 378 g/mol. The monoisotopic (exact) mass is 388 g/mol. The van der Waals surface area contributed by atoms with Crippen LogP contribution in [0.1, 0.15) is 37.4 Å². The van der Waals surface area contributed by atoms with Gasteiger partial charge in [0.25, 0.3) is 0 Å². The third-order valence-corrected chi connectivity index (χ3v) is 3.45. The number of hydrogen-bond acceptors (Lipinski definition) is 2. The number of aromatic carboxylic acids is 1. The van der Waals surface area contributed by atoms with Crippen LogP contribution >= 0.6 is 0 Å². The largest absolute Gasteiger partial charge is 0.478 e. The number of carboxylic acid groups (broad SMARTS) is 1. The van der Waals surface area contributed by atoms with E-state index in [2.05, 4.69) is 0 Å². The minimum absolute atomic E-state index is 0.0101. The van der Waals surface area contributed by atoms with Crippen molar-refractivity contribution in [2.24, 2.45) is 0 Å². The molecule has 0 aliphatic carbocycles. The fourth-order valence-electron chi connectivity index (χ4n) is 2.12. The van der Waals surface area contributed by atoms with Crippen LogP contribution in [-0.2, 0) is 12.4 Å². The number of ketones is 1. The Morgan fingerprint density at radius 1 is 0.778 bits per heavy atom. The van der Waals surface area contributed by atoms with Crippen molar-refractivity contribution in [3.8, 4) is 0 Å². The molecule has 0 amide bonds. The zero-order chi connectivity index (χ0) is 20.4. The van der Waals surface area contributed by atoms with E-state index in [4.69, 9.17) is 5.11 Å². The zero-order valence-corrected chi connectivity index (χ0v) is 13.2. The van der Waals surface area contributed by atoms with E-state index in [0.717, 1.165) is 24.3 Å². The van der Waals surface area contributed by atoms with Gasteiger partial charge < -0.3 is 5.11 Å². The van der Waals surface area contributed by atoms with Gasteiger partial charge in [-0.3, -0.25) is 4.79 Å². The quantitative estimate of drug-likeness (QED) is 0.438. The lowest BCUT2D eigenvalue weighted by molar-refractivity contribution is -0.143. The molecule has 142 valence electrons. The topological polar surface area (TPSA) is 54.4 Å². The Morgan fingerprint density at radius 3 is 1.63 bits per heavy atom. The van der Waals surface area contributed by atoms with Crippen molar-refractivity contribution in [2.45, 2.75) is 12.4 Å². The fraction of sp³-hybridized carbons (Fsp3) is 0.111. The minimum Gasteiger partial charge on any atom is -0.478 e. The van der Waals surface area contributed by atoms with E-state index in [-0.39, 0.29) is 17.2 Å². The highest BCUT2D eigenvalue weighted by Gasteiger charge is 2.36. The van der Waals surface area contributed by atoms with Crippen LogP contribution in [0.3, 0.4) is 0 Å². The lowest BCUT2D eigenvalue weighted by atomic mass is 10.0. The van der Waals surface area contributed by atoms with E-state index in [9.17, 15) is 35.9 Å². The van der Waals surface area contributed by atoms with Gasteiger partial charge in [0.15, 0.2) is 5.78 Å². The first-order valence-corrected chi connectivity index (χ1v) is 7.23. The Balaban J connectivity index is 2.34. The van der Waals surface area contributed by atoms with Crippen molar-refractivity contribution in [1.29, 1.82) is 0 Å². The summed E-state index contributed by atoms with van der Waals surface area (Å²) < 4.78 is 76.8. The Kier molecular flexibility index (Phi) is 5.43. The molecular formula is C18H10F6O3. The van der Waals surface area contributed by atoms with Crippen LogP contribution in [0.2, 0.25) is 0 Å². The van der Waals surface area contributed by atoms with Crippen LogP contribution < -0.4 is 0 Å². The predicted octanol–water partition coefficient (Wildman–Crippen LogP) is 5.32. The van der Waals surface area contributed by atoms with Crippen molar-refractivity contribution in [2.75, 3.05) is 0 Å². The third-order valence-electron chi connectivity index (χ3n) is 3.45. The number of halogens is 6. The van der Waals surface area contributed by atoms with Crippen LogP contribution in [-0.4, -0.2) is 16.9 Å². The van der Waals surface area contributed by atoms with E-state index in [1.165, 1.54) is 12.1 Å². The Morgan fingerprint density at radius 2 is 1.22 bits per heavy atom. The summed E-state index contributed by atoms with van der Waals surface area (Å²) in [5.74, 6) is -1.92. The Labute approximate surface area is 148 Å². The molecule has 9 heteroatoms. The van der Waals surface area contributed by atoms with Gasteiger partial charge in [-0.15, -0.1) is 0 Å². The summed E-state index contributed by atoms with van der Waals surface area (Å²) in [5, 5.41) is 8.77. The highest BCUT2D eigenvalue weighted by Crippen LogP contribution is 2.36. The van der Waals surface area contributed by atoms with Crippen LogP contribution in [0.15, 0.2) is 48.5 Å². The van der Waals surface area contributed by atoms with E-state index in [1.54, 1.807) is 0 Å². The number of carbonyl (C=O) groups is 2. The highest BCUT2D eigenvalue weighted by molar-refractivity contribution is 6.07. The maximum absolute atomic E-state index is 12.8. The summed E-state index contributed by atoms with van der Waals surface area (Å²) in [6.07, 6.45) is -8.33. The van der Waals surface area contributed by atoms with Gasteiger partial charge in [-0.1, -0.05) is 18.2 Å². The molecule has 0 saturated carbocycles. The van der Waals surface area contributed by atoms with Crippen LogP contribution in [0.4, 0.5) is 26.3 Å². The molecule has 2 aromatic carbocycles. The van der Waals surface area contributed by atoms with Crippen molar-refractivity contribution in [1.82, 2.24) is 0 Å². The summed E-state index contributed by atoms with van der Waals surface area (Å²) in [7, 11) is 0. The van der Waals surface area contributed by atoms with Gasteiger partial charge in [0, 0.05) is 5.56 Å². The number of hydrogen-bond donors (Lipinski definition) is 1. The van der Waals surface area contributed by atoms with Crippen molar-refractivity contribution < 1.29 is 41.0 Å². The van der Waals surface area contributed by atoms with Gasteiger partial charge in [0.2, 0.25) is 0 Å². The SMILES string of the molecule is O=C(O)c1ccc(C(=O)/C=C/c2cc(C(F)(F)F)cc(C(F)(F)F)c2)cc1. The highest BCUT2D eigenvalue weighted by atomic mass is 19.4. The normalized spacial score (nSPS) is 12.4. The molecule has 0 aliphatic heterocycles. The third kappa shape index (κ3) is 5.19. The van der Waals surface area contributed by atoms with E-state index >= 15 is 0 Å². The Bertz CT molecular complexity index is 861. The lowest BCUT2D eigenvalue weighted by Crippen LogP contribution is -2.11. The molecule has 0 saturated heterocycles. The summed E-state index contributed by atoms with van der Waals surface area (Å²) in [6.45, 7) is 0. The van der Waals surface area contributed by atoms with E-state index in [0.29, 0.717) is 12.1 Å². The first-order chi connectivity index (χ1) is 12.4. The first-order valence-electron chi connectivity index (χ1n) is 7.23. The molecule has 0 aromatic heterocycles. The molecule has 27 heavy (non-hydrogen) atoms. The van der Waals surface area contributed by atoms with Crippen LogP contribution in [0, 0.1) is 0 Å². The van der Waals surface area contributed by atoms with Crippen molar-refractivity contribution >= 4 is 17.8 Å². The van der Waals surface area contributed by atoms with Gasteiger partial charge in [-0.05, 0) is 42.0 Å². The molecule has 2 rings (SSSR count). The molecule has 0 heterocycles. The molecule has 0 atom stereocenters. The van der Waals surface area contributed by atoms with E-state index < -0.39 is 40.8 Å². The summed E-state index contributed by atoms with van der Waals surface area (Å²) >= 11 is 0. The number of carboxylic acids is 1. The minimum atomic E-state index is -4.99. The van der Waals surface area contributed by atoms with Crippen molar-refractivity contribution in [3.05, 3.63) is 76.4 Å². The smallest absolute Gasteiger partial charge is 0.416 e. The molecule has 0 fully saturated rings. The molecule has 0 aliphatic rings.